The Hall–Kier alpha value is -2.12. The molecular weight excluding hydrogens is 248 g/mol. The largest absolute Gasteiger partial charge is 0.353 e. The number of nitriles is 1. The molecule has 0 aliphatic carbocycles. The van der Waals surface area contributed by atoms with Crippen molar-refractivity contribution in [3.8, 4) is 6.07 Å². The summed E-state index contributed by atoms with van der Waals surface area (Å²) in [5.41, 5.74) is 1.29. The molecule has 2 rings (SSSR count). The van der Waals surface area contributed by atoms with Gasteiger partial charge in [0.1, 0.15) is 6.07 Å². The van der Waals surface area contributed by atoms with Gasteiger partial charge in [-0.15, -0.1) is 0 Å². The second-order valence-corrected chi connectivity index (χ2v) is 4.20. The third-order valence-electron chi connectivity index (χ3n) is 2.51. The first kappa shape index (κ1) is 12.3. The number of hydrogen-bond donors (Lipinski definition) is 0. The van der Waals surface area contributed by atoms with Crippen molar-refractivity contribution in [1.82, 2.24) is 9.97 Å². The number of benzene rings is 1. The Morgan fingerprint density at radius 1 is 1.28 bits per heavy atom. The molecule has 0 bridgehead atoms. The third-order valence-corrected chi connectivity index (χ3v) is 2.88. The zero-order valence-corrected chi connectivity index (χ0v) is 10.6. The summed E-state index contributed by atoms with van der Waals surface area (Å²) in [4.78, 5) is 10.0. The average Bonchev–Trinajstić information content (AvgIpc) is 2.41. The van der Waals surface area contributed by atoms with Crippen LogP contribution in [0.25, 0.3) is 0 Å². The van der Waals surface area contributed by atoms with E-state index in [1.54, 1.807) is 6.20 Å². The van der Waals surface area contributed by atoms with Gasteiger partial charge in [0.05, 0.1) is 0 Å². The SMILES string of the molecule is CN(Cc1ccccc1Cl)c1nccnc1C#N. The predicted molar refractivity (Wildman–Crippen MR) is 70.3 cm³/mol. The maximum atomic E-state index is 8.98. The van der Waals surface area contributed by atoms with Crippen LogP contribution in [0.4, 0.5) is 5.82 Å². The fraction of sp³-hybridized carbons (Fsp3) is 0.154. The highest BCUT2D eigenvalue weighted by atomic mass is 35.5. The molecular formula is C13H11ClN4. The molecule has 4 nitrogen and oxygen atoms in total. The summed E-state index contributed by atoms with van der Waals surface area (Å²) in [6.07, 6.45) is 3.07. The molecule has 0 atom stereocenters. The molecule has 0 amide bonds. The summed E-state index contributed by atoms with van der Waals surface area (Å²) < 4.78 is 0. The third kappa shape index (κ3) is 2.58. The minimum absolute atomic E-state index is 0.312. The lowest BCUT2D eigenvalue weighted by Crippen LogP contribution is -2.19. The molecule has 0 saturated heterocycles. The summed E-state index contributed by atoms with van der Waals surface area (Å²) in [5.74, 6) is 0.555. The van der Waals surface area contributed by atoms with Crippen LogP contribution in [0.2, 0.25) is 5.02 Å². The molecule has 18 heavy (non-hydrogen) atoms. The molecule has 0 aliphatic heterocycles. The van der Waals surface area contributed by atoms with E-state index in [1.165, 1.54) is 6.20 Å². The van der Waals surface area contributed by atoms with Crippen molar-refractivity contribution in [3.05, 3.63) is 52.9 Å². The minimum Gasteiger partial charge on any atom is -0.353 e. The van der Waals surface area contributed by atoms with Gasteiger partial charge < -0.3 is 4.90 Å². The van der Waals surface area contributed by atoms with Gasteiger partial charge in [-0.3, -0.25) is 0 Å². The number of nitrogens with zero attached hydrogens (tertiary/aromatic N) is 4. The summed E-state index contributed by atoms with van der Waals surface area (Å²) in [6.45, 7) is 0.576. The number of aromatic nitrogens is 2. The van der Waals surface area contributed by atoms with E-state index in [4.69, 9.17) is 16.9 Å². The lowest BCUT2D eigenvalue weighted by atomic mass is 10.2. The molecule has 90 valence electrons. The highest BCUT2D eigenvalue weighted by molar-refractivity contribution is 6.31. The molecule has 1 aromatic heterocycles. The van der Waals surface area contributed by atoms with Crippen molar-refractivity contribution < 1.29 is 0 Å². The number of anilines is 1. The van der Waals surface area contributed by atoms with Crippen LogP contribution in [-0.2, 0) is 6.54 Å². The first-order valence-corrected chi connectivity index (χ1v) is 5.76. The second kappa shape index (κ2) is 5.48. The van der Waals surface area contributed by atoms with E-state index >= 15 is 0 Å². The number of rotatable bonds is 3. The molecule has 1 aromatic carbocycles. The molecule has 0 N–H and O–H groups in total. The molecule has 0 spiro atoms. The van der Waals surface area contributed by atoms with Gasteiger partial charge in [0.25, 0.3) is 0 Å². The normalized spacial score (nSPS) is 9.83. The zero-order valence-electron chi connectivity index (χ0n) is 9.84. The van der Waals surface area contributed by atoms with E-state index in [-0.39, 0.29) is 0 Å². The first-order valence-electron chi connectivity index (χ1n) is 5.38. The topological polar surface area (TPSA) is 52.8 Å². The van der Waals surface area contributed by atoms with E-state index in [9.17, 15) is 0 Å². The maximum absolute atomic E-state index is 8.98. The predicted octanol–water partition coefficient (Wildman–Crippen LogP) is 2.64. The first-order chi connectivity index (χ1) is 8.72. The molecule has 0 unspecified atom stereocenters. The quantitative estimate of drug-likeness (QED) is 0.849. The van der Waals surface area contributed by atoms with Gasteiger partial charge in [-0.25, -0.2) is 9.97 Å². The van der Waals surface area contributed by atoms with Crippen molar-refractivity contribution in [1.29, 1.82) is 5.26 Å². The van der Waals surface area contributed by atoms with Crippen LogP contribution in [0.1, 0.15) is 11.3 Å². The molecule has 0 saturated carbocycles. The van der Waals surface area contributed by atoms with Gasteiger partial charge >= 0.3 is 0 Å². The zero-order chi connectivity index (χ0) is 13.0. The van der Waals surface area contributed by atoms with E-state index in [0.717, 1.165) is 5.56 Å². The molecule has 2 aromatic rings. The Kier molecular flexibility index (Phi) is 3.75. The maximum Gasteiger partial charge on any atom is 0.183 e. The van der Waals surface area contributed by atoms with Crippen molar-refractivity contribution in [3.63, 3.8) is 0 Å². The molecule has 0 aliphatic rings. The van der Waals surface area contributed by atoms with Gasteiger partial charge in [-0.05, 0) is 11.6 Å². The summed E-state index contributed by atoms with van der Waals surface area (Å²) in [7, 11) is 1.86. The molecule has 5 heteroatoms. The van der Waals surface area contributed by atoms with Crippen LogP contribution in [0.5, 0.6) is 0 Å². The minimum atomic E-state index is 0.312. The monoisotopic (exact) mass is 258 g/mol. The van der Waals surface area contributed by atoms with Crippen molar-refractivity contribution in [2.45, 2.75) is 6.54 Å². The Balaban J connectivity index is 2.26. The number of halogens is 1. The molecule has 0 radical (unpaired) electrons. The van der Waals surface area contributed by atoms with Gasteiger partial charge in [0, 0.05) is 31.0 Å². The standard InChI is InChI=1S/C13H11ClN4/c1-18(9-10-4-2-3-5-11(10)14)13-12(8-15)16-6-7-17-13/h2-7H,9H2,1H3. The van der Waals surface area contributed by atoms with Crippen LogP contribution in [0, 0.1) is 11.3 Å². The summed E-state index contributed by atoms with van der Waals surface area (Å²) in [6, 6.07) is 9.63. The Morgan fingerprint density at radius 3 is 2.72 bits per heavy atom. The Morgan fingerprint density at radius 2 is 2.00 bits per heavy atom. The van der Waals surface area contributed by atoms with Crippen molar-refractivity contribution in [2.24, 2.45) is 0 Å². The summed E-state index contributed by atoms with van der Waals surface area (Å²) in [5, 5.41) is 9.68. The molecule has 1 heterocycles. The van der Waals surface area contributed by atoms with Gasteiger partial charge in [0.15, 0.2) is 11.5 Å². The number of hydrogen-bond acceptors (Lipinski definition) is 4. The van der Waals surface area contributed by atoms with Crippen LogP contribution >= 0.6 is 11.6 Å². The fourth-order valence-electron chi connectivity index (χ4n) is 1.65. The molecule has 0 fully saturated rings. The van der Waals surface area contributed by atoms with Crippen molar-refractivity contribution in [2.75, 3.05) is 11.9 Å². The van der Waals surface area contributed by atoms with E-state index < -0.39 is 0 Å². The van der Waals surface area contributed by atoms with Crippen LogP contribution in [-0.4, -0.2) is 17.0 Å². The summed E-state index contributed by atoms with van der Waals surface area (Å²) >= 11 is 6.10. The van der Waals surface area contributed by atoms with Crippen LogP contribution in [0.15, 0.2) is 36.7 Å². The fourth-order valence-corrected chi connectivity index (χ4v) is 1.84. The lowest BCUT2D eigenvalue weighted by molar-refractivity contribution is 0.885. The Labute approximate surface area is 110 Å². The van der Waals surface area contributed by atoms with E-state index in [1.807, 2.05) is 42.3 Å². The highest BCUT2D eigenvalue weighted by Crippen LogP contribution is 2.20. The van der Waals surface area contributed by atoms with Crippen molar-refractivity contribution >= 4 is 17.4 Å². The van der Waals surface area contributed by atoms with Crippen LogP contribution in [0.3, 0.4) is 0 Å². The second-order valence-electron chi connectivity index (χ2n) is 3.79. The van der Waals surface area contributed by atoms with Gasteiger partial charge in [-0.1, -0.05) is 29.8 Å². The average molecular weight is 259 g/mol. The highest BCUT2D eigenvalue weighted by Gasteiger charge is 2.11. The smallest absolute Gasteiger partial charge is 0.183 e. The van der Waals surface area contributed by atoms with E-state index in [0.29, 0.717) is 23.1 Å². The van der Waals surface area contributed by atoms with Gasteiger partial charge in [-0.2, -0.15) is 5.26 Å². The van der Waals surface area contributed by atoms with Crippen LogP contribution < -0.4 is 4.90 Å². The van der Waals surface area contributed by atoms with E-state index in [2.05, 4.69) is 9.97 Å². The van der Waals surface area contributed by atoms with Gasteiger partial charge in [0.2, 0.25) is 0 Å². The lowest BCUT2D eigenvalue weighted by Gasteiger charge is -2.19. The Bertz CT molecular complexity index is 592.